The second-order valence-electron chi connectivity index (χ2n) is 8.44. The summed E-state index contributed by atoms with van der Waals surface area (Å²) < 4.78 is 14.4. The van der Waals surface area contributed by atoms with Crippen molar-refractivity contribution in [3.63, 3.8) is 0 Å². The van der Waals surface area contributed by atoms with Gasteiger partial charge in [-0.05, 0) is 42.7 Å². The molecule has 1 aromatic carbocycles. The largest absolute Gasteiger partial charge is 0.347 e. The molecule has 3 unspecified atom stereocenters. The van der Waals surface area contributed by atoms with Crippen LogP contribution in [0.15, 0.2) is 36.5 Å². The first kappa shape index (κ1) is 16.5. The average molecular weight is 352 g/mol. The minimum Gasteiger partial charge on any atom is -0.347 e. The van der Waals surface area contributed by atoms with E-state index in [0.717, 1.165) is 38.9 Å². The van der Waals surface area contributed by atoms with Crippen LogP contribution in [0.5, 0.6) is 0 Å². The molecule has 3 atom stereocenters. The molecule has 3 aliphatic rings. The maximum absolute atomic E-state index is 6.18. The Labute approximate surface area is 155 Å². The van der Waals surface area contributed by atoms with Crippen molar-refractivity contribution in [1.29, 1.82) is 0 Å². The van der Waals surface area contributed by atoms with Crippen LogP contribution in [0, 0.1) is 11.8 Å². The van der Waals surface area contributed by atoms with Crippen LogP contribution in [0.3, 0.4) is 0 Å². The van der Waals surface area contributed by atoms with Crippen LogP contribution in [-0.2, 0) is 34.8 Å². The third kappa shape index (κ3) is 2.31. The molecule has 4 nitrogen and oxygen atoms in total. The first-order valence-corrected chi connectivity index (χ1v) is 9.98. The Morgan fingerprint density at radius 1 is 1.15 bits per heavy atom. The smallest absolute Gasteiger partial charge is 0.171 e. The lowest BCUT2D eigenvalue weighted by molar-refractivity contribution is -0.236. The summed E-state index contributed by atoms with van der Waals surface area (Å²) in [5.74, 6) is 0.562. The Hall–Kier alpha value is -1.65. The monoisotopic (exact) mass is 352 g/mol. The summed E-state index contributed by atoms with van der Waals surface area (Å²) in [6.07, 6.45) is 7.65. The Balaban J connectivity index is 1.60. The van der Waals surface area contributed by atoms with E-state index in [1.54, 1.807) is 0 Å². The molecule has 26 heavy (non-hydrogen) atoms. The van der Waals surface area contributed by atoms with Gasteiger partial charge in [-0.2, -0.15) is 5.10 Å². The zero-order valence-electron chi connectivity index (χ0n) is 15.8. The normalized spacial score (nSPS) is 32.4. The number of fused-ring (bicyclic) bond motifs is 3. The van der Waals surface area contributed by atoms with E-state index in [-0.39, 0.29) is 11.2 Å². The van der Waals surface area contributed by atoms with Gasteiger partial charge < -0.3 is 9.47 Å². The molecule has 1 aromatic heterocycles. The van der Waals surface area contributed by atoms with E-state index < -0.39 is 0 Å². The van der Waals surface area contributed by atoms with Crippen molar-refractivity contribution >= 4 is 0 Å². The molecule has 2 heterocycles. The fourth-order valence-corrected chi connectivity index (χ4v) is 6.01. The molecule has 0 amide bonds. The summed E-state index contributed by atoms with van der Waals surface area (Å²) in [5.41, 5.74) is 4.28. The summed E-state index contributed by atoms with van der Waals surface area (Å²) in [5, 5.41) is 4.99. The third-order valence-corrected chi connectivity index (χ3v) is 7.17. The maximum Gasteiger partial charge on any atom is 0.171 e. The van der Waals surface area contributed by atoms with Crippen LogP contribution in [0.25, 0.3) is 0 Å². The van der Waals surface area contributed by atoms with Crippen molar-refractivity contribution in [2.45, 2.75) is 50.2 Å². The van der Waals surface area contributed by atoms with Gasteiger partial charge in [-0.15, -0.1) is 0 Å². The number of hydrogen-bond acceptors (Lipinski definition) is 3. The molecule has 0 N–H and O–H groups in total. The third-order valence-electron chi connectivity index (χ3n) is 7.17. The predicted octanol–water partition coefficient (Wildman–Crippen LogP) is 3.64. The number of nitrogens with zero attached hydrogens (tertiary/aromatic N) is 2. The van der Waals surface area contributed by atoms with E-state index >= 15 is 0 Å². The Kier molecular flexibility index (Phi) is 3.77. The fraction of sp³-hybridized carbons (Fsp3) is 0.591. The van der Waals surface area contributed by atoms with Crippen LogP contribution < -0.4 is 0 Å². The summed E-state index contributed by atoms with van der Waals surface area (Å²) >= 11 is 0. The van der Waals surface area contributed by atoms with Crippen molar-refractivity contribution in [2.24, 2.45) is 18.9 Å². The molecule has 2 fully saturated rings. The topological polar surface area (TPSA) is 36.3 Å². The maximum atomic E-state index is 6.18. The number of benzene rings is 1. The predicted molar refractivity (Wildman–Crippen MR) is 99.9 cm³/mol. The highest BCUT2D eigenvalue weighted by Gasteiger charge is 2.59. The minimum absolute atomic E-state index is 0.0934. The average Bonchev–Trinajstić information content (AvgIpc) is 3.27. The second-order valence-corrected chi connectivity index (χ2v) is 8.44. The van der Waals surface area contributed by atoms with E-state index in [1.165, 1.54) is 23.2 Å². The van der Waals surface area contributed by atoms with Crippen molar-refractivity contribution in [3.05, 3.63) is 53.3 Å². The van der Waals surface area contributed by atoms with Gasteiger partial charge in [-0.3, -0.25) is 4.68 Å². The van der Waals surface area contributed by atoms with Gasteiger partial charge >= 0.3 is 0 Å². The SMILES string of the molecule is CC1C2CCc3cn(C)nc3C2(Cc2ccccc2)CCC12OCCO2. The van der Waals surface area contributed by atoms with Gasteiger partial charge in [0.25, 0.3) is 0 Å². The number of ether oxygens (including phenoxy) is 2. The quantitative estimate of drug-likeness (QED) is 0.828. The van der Waals surface area contributed by atoms with Crippen molar-refractivity contribution in [2.75, 3.05) is 13.2 Å². The van der Waals surface area contributed by atoms with E-state index in [9.17, 15) is 0 Å². The van der Waals surface area contributed by atoms with Gasteiger partial charge in [0.1, 0.15) is 0 Å². The molecule has 2 aromatic rings. The van der Waals surface area contributed by atoms with Gasteiger partial charge in [-0.1, -0.05) is 37.3 Å². The first-order chi connectivity index (χ1) is 12.6. The summed E-state index contributed by atoms with van der Waals surface area (Å²) in [7, 11) is 2.06. The molecule has 1 aliphatic heterocycles. The van der Waals surface area contributed by atoms with Gasteiger partial charge in [0.2, 0.25) is 0 Å². The molecular weight excluding hydrogens is 324 g/mol. The minimum atomic E-state index is -0.364. The van der Waals surface area contributed by atoms with Gasteiger partial charge in [-0.25, -0.2) is 0 Å². The first-order valence-electron chi connectivity index (χ1n) is 9.98. The van der Waals surface area contributed by atoms with Gasteiger partial charge in [0.05, 0.1) is 18.9 Å². The Morgan fingerprint density at radius 3 is 2.69 bits per heavy atom. The Bertz CT molecular complexity index is 794. The molecule has 0 radical (unpaired) electrons. The molecule has 2 aliphatic carbocycles. The van der Waals surface area contributed by atoms with Gasteiger partial charge in [0, 0.05) is 31.0 Å². The Morgan fingerprint density at radius 2 is 1.92 bits per heavy atom. The zero-order chi connectivity index (χ0) is 17.8. The van der Waals surface area contributed by atoms with Crippen LogP contribution >= 0.6 is 0 Å². The lowest BCUT2D eigenvalue weighted by Gasteiger charge is -2.55. The molecular formula is C22H28N2O2. The second kappa shape index (κ2) is 5.93. The van der Waals surface area contributed by atoms with E-state index in [2.05, 4.69) is 50.5 Å². The van der Waals surface area contributed by atoms with Crippen molar-refractivity contribution in [3.8, 4) is 0 Å². The van der Waals surface area contributed by atoms with E-state index in [1.807, 2.05) is 4.68 Å². The number of aryl methyl sites for hydroxylation is 2. The van der Waals surface area contributed by atoms with Crippen molar-refractivity contribution in [1.82, 2.24) is 9.78 Å². The number of aromatic nitrogens is 2. The molecule has 1 spiro atoms. The highest BCUT2D eigenvalue weighted by atomic mass is 16.7. The summed E-state index contributed by atoms with van der Waals surface area (Å²) in [4.78, 5) is 0. The van der Waals surface area contributed by atoms with Crippen LogP contribution in [0.4, 0.5) is 0 Å². The molecule has 5 rings (SSSR count). The van der Waals surface area contributed by atoms with Crippen molar-refractivity contribution < 1.29 is 9.47 Å². The van der Waals surface area contributed by atoms with Gasteiger partial charge in [0.15, 0.2) is 5.79 Å². The summed E-state index contributed by atoms with van der Waals surface area (Å²) in [6, 6.07) is 10.9. The molecule has 4 heteroatoms. The van der Waals surface area contributed by atoms with Crippen LogP contribution in [0.2, 0.25) is 0 Å². The molecule has 138 valence electrons. The summed E-state index contributed by atoms with van der Waals surface area (Å²) in [6.45, 7) is 3.82. The highest BCUT2D eigenvalue weighted by Crippen LogP contribution is 2.57. The van der Waals surface area contributed by atoms with Crippen LogP contribution in [-0.4, -0.2) is 28.8 Å². The zero-order valence-corrected chi connectivity index (χ0v) is 15.8. The van der Waals surface area contributed by atoms with Crippen LogP contribution in [0.1, 0.15) is 43.0 Å². The highest BCUT2D eigenvalue weighted by molar-refractivity contribution is 5.36. The number of rotatable bonds is 2. The molecule has 0 bridgehead atoms. The standard InChI is InChI=1S/C22H28N2O2/c1-16-19-9-8-18-15-24(2)23-20(18)21(19,14-17-6-4-3-5-7-17)10-11-22(16)25-12-13-26-22/h3-7,15-16,19H,8-14H2,1-2H3. The van der Waals surface area contributed by atoms with E-state index in [4.69, 9.17) is 14.6 Å². The molecule has 1 saturated heterocycles. The molecule has 1 saturated carbocycles. The fourth-order valence-electron chi connectivity index (χ4n) is 6.01. The number of hydrogen-bond donors (Lipinski definition) is 0. The lowest BCUT2D eigenvalue weighted by Crippen LogP contribution is -2.57. The lowest BCUT2D eigenvalue weighted by atomic mass is 9.52. The van der Waals surface area contributed by atoms with E-state index in [0.29, 0.717) is 11.8 Å².